The maximum atomic E-state index is 11.9. The number of amides is 1. The maximum Gasteiger partial charge on any atom is 0.220 e. The summed E-state index contributed by atoms with van der Waals surface area (Å²) in [6.07, 6.45) is 11.1. The first-order valence-electron chi connectivity index (χ1n) is 7.15. The van der Waals surface area contributed by atoms with Crippen molar-refractivity contribution >= 4 is 5.91 Å². The van der Waals surface area contributed by atoms with Gasteiger partial charge in [-0.25, -0.2) is 4.98 Å². The van der Waals surface area contributed by atoms with Gasteiger partial charge in [-0.3, -0.25) is 4.79 Å². The Hall–Kier alpha value is -1.36. The quantitative estimate of drug-likeness (QED) is 0.815. The van der Waals surface area contributed by atoms with Gasteiger partial charge >= 0.3 is 0 Å². The highest BCUT2D eigenvalue weighted by molar-refractivity contribution is 5.76. The number of aryl methyl sites for hydroxylation is 1. The SMILES string of the molecule is O=C(CCCn1ccnc1)NC1CCCCC1CO. The minimum Gasteiger partial charge on any atom is -0.396 e. The highest BCUT2D eigenvalue weighted by atomic mass is 16.3. The fourth-order valence-electron chi connectivity index (χ4n) is 2.74. The summed E-state index contributed by atoms with van der Waals surface area (Å²) in [7, 11) is 0. The van der Waals surface area contributed by atoms with Crippen LogP contribution in [-0.4, -0.2) is 33.2 Å². The Labute approximate surface area is 114 Å². The van der Waals surface area contributed by atoms with E-state index in [0.717, 1.165) is 38.6 Å². The Morgan fingerprint density at radius 2 is 2.26 bits per heavy atom. The zero-order chi connectivity index (χ0) is 13.5. The van der Waals surface area contributed by atoms with Crippen LogP contribution in [0.15, 0.2) is 18.7 Å². The summed E-state index contributed by atoms with van der Waals surface area (Å²) in [6, 6.07) is 0.166. The number of hydrogen-bond donors (Lipinski definition) is 2. The molecule has 1 aromatic heterocycles. The van der Waals surface area contributed by atoms with Crippen LogP contribution >= 0.6 is 0 Å². The van der Waals surface area contributed by atoms with Gasteiger partial charge in [-0.05, 0) is 19.3 Å². The molecule has 2 unspecified atom stereocenters. The largest absolute Gasteiger partial charge is 0.396 e. The van der Waals surface area contributed by atoms with E-state index in [1.807, 2.05) is 10.8 Å². The molecule has 106 valence electrons. The van der Waals surface area contributed by atoms with Gasteiger partial charge < -0.3 is 15.0 Å². The third kappa shape index (κ3) is 4.35. The lowest BCUT2D eigenvalue weighted by atomic mass is 9.85. The Balaban J connectivity index is 1.68. The zero-order valence-electron chi connectivity index (χ0n) is 11.3. The van der Waals surface area contributed by atoms with Crippen molar-refractivity contribution in [1.82, 2.24) is 14.9 Å². The molecule has 1 aromatic rings. The Bertz CT molecular complexity index is 378. The average molecular weight is 265 g/mol. The van der Waals surface area contributed by atoms with Gasteiger partial charge in [-0.2, -0.15) is 0 Å². The van der Waals surface area contributed by atoms with Crippen molar-refractivity contribution < 1.29 is 9.90 Å². The molecule has 0 saturated heterocycles. The van der Waals surface area contributed by atoms with Gasteiger partial charge in [-0.1, -0.05) is 12.8 Å². The topological polar surface area (TPSA) is 67.2 Å². The standard InChI is InChI=1S/C14H23N3O2/c18-10-12-4-1-2-5-13(12)16-14(19)6-3-8-17-9-7-15-11-17/h7,9,11-13,18H,1-6,8,10H2,(H,16,19). The number of aromatic nitrogens is 2. The van der Waals surface area contributed by atoms with Gasteiger partial charge in [0, 0.05) is 43.9 Å². The van der Waals surface area contributed by atoms with Crippen LogP contribution in [0.25, 0.3) is 0 Å². The summed E-state index contributed by atoms with van der Waals surface area (Å²) in [5, 5.41) is 12.4. The van der Waals surface area contributed by atoms with Crippen LogP contribution in [0.4, 0.5) is 0 Å². The predicted molar refractivity (Wildman–Crippen MR) is 72.4 cm³/mol. The van der Waals surface area contributed by atoms with E-state index in [0.29, 0.717) is 6.42 Å². The minimum atomic E-state index is 0.102. The number of imidazole rings is 1. The van der Waals surface area contributed by atoms with Crippen LogP contribution in [-0.2, 0) is 11.3 Å². The molecule has 1 heterocycles. The van der Waals surface area contributed by atoms with Crippen LogP contribution in [0.3, 0.4) is 0 Å². The van der Waals surface area contributed by atoms with E-state index in [-0.39, 0.29) is 24.5 Å². The van der Waals surface area contributed by atoms with Crippen LogP contribution in [0.1, 0.15) is 38.5 Å². The molecule has 0 spiro atoms. The summed E-state index contributed by atoms with van der Waals surface area (Å²) >= 11 is 0. The second kappa shape index (κ2) is 7.28. The van der Waals surface area contributed by atoms with Crippen molar-refractivity contribution in [2.24, 2.45) is 5.92 Å². The number of rotatable bonds is 6. The molecule has 0 bridgehead atoms. The molecule has 2 atom stereocenters. The van der Waals surface area contributed by atoms with Gasteiger partial charge in [-0.15, -0.1) is 0 Å². The van der Waals surface area contributed by atoms with Gasteiger partial charge in [0.25, 0.3) is 0 Å². The molecule has 1 aliphatic carbocycles. The minimum absolute atomic E-state index is 0.102. The summed E-state index contributed by atoms with van der Waals surface area (Å²) in [5.74, 6) is 0.344. The smallest absolute Gasteiger partial charge is 0.220 e. The lowest BCUT2D eigenvalue weighted by Gasteiger charge is -2.30. The number of hydrogen-bond acceptors (Lipinski definition) is 3. The van der Waals surface area contributed by atoms with Crippen molar-refractivity contribution in [2.45, 2.75) is 51.1 Å². The molecular weight excluding hydrogens is 242 g/mol. The first-order valence-corrected chi connectivity index (χ1v) is 7.15. The number of aliphatic hydroxyl groups excluding tert-OH is 1. The normalized spacial score (nSPS) is 23.2. The monoisotopic (exact) mass is 265 g/mol. The second-order valence-corrected chi connectivity index (χ2v) is 5.31. The fraction of sp³-hybridized carbons (Fsp3) is 0.714. The van der Waals surface area contributed by atoms with Gasteiger partial charge in [0.2, 0.25) is 5.91 Å². The first-order chi connectivity index (χ1) is 9.29. The molecule has 5 nitrogen and oxygen atoms in total. The molecule has 0 radical (unpaired) electrons. The third-order valence-electron chi connectivity index (χ3n) is 3.87. The molecule has 2 rings (SSSR count). The molecule has 0 aromatic carbocycles. The van der Waals surface area contributed by atoms with Crippen LogP contribution in [0, 0.1) is 5.92 Å². The maximum absolute atomic E-state index is 11.9. The van der Waals surface area contributed by atoms with E-state index in [4.69, 9.17) is 0 Å². The molecule has 5 heteroatoms. The van der Waals surface area contributed by atoms with E-state index < -0.39 is 0 Å². The predicted octanol–water partition coefficient (Wildman–Crippen LogP) is 1.33. The van der Waals surface area contributed by atoms with Crippen LogP contribution in [0.5, 0.6) is 0 Å². The molecule has 19 heavy (non-hydrogen) atoms. The summed E-state index contributed by atoms with van der Waals surface area (Å²) in [6.45, 7) is 1.00. The molecular formula is C14H23N3O2. The number of nitrogens with one attached hydrogen (secondary N) is 1. The molecule has 1 aliphatic rings. The number of carbonyl (C=O) groups excluding carboxylic acids is 1. The fourth-order valence-corrected chi connectivity index (χ4v) is 2.74. The summed E-state index contributed by atoms with van der Waals surface area (Å²) in [4.78, 5) is 15.9. The van der Waals surface area contributed by atoms with E-state index in [2.05, 4.69) is 10.3 Å². The third-order valence-corrected chi connectivity index (χ3v) is 3.87. The van der Waals surface area contributed by atoms with E-state index in [1.54, 1.807) is 12.5 Å². The zero-order valence-corrected chi connectivity index (χ0v) is 11.3. The number of nitrogens with zero attached hydrogens (tertiary/aromatic N) is 2. The molecule has 1 saturated carbocycles. The van der Waals surface area contributed by atoms with Crippen molar-refractivity contribution in [3.8, 4) is 0 Å². The van der Waals surface area contributed by atoms with Crippen LogP contribution < -0.4 is 5.32 Å². The van der Waals surface area contributed by atoms with E-state index >= 15 is 0 Å². The number of aliphatic hydroxyl groups is 1. The van der Waals surface area contributed by atoms with Crippen LogP contribution in [0.2, 0.25) is 0 Å². The van der Waals surface area contributed by atoms with Gasteiger partial charge in [0.15, 0.2) is 0 Å². The molecule has 1 fully saturated rings. The Morgan fingerprint density at radius 3 is 3.00 bits per heavy atom. The number of carbonyl (C=O) groups is 1. The Morgan fingerprint density at radius 1 is 1.42 bits per heavy atom. The van der Waals surface area contributed by atoms with Gasteiger partial charge in [0.1, 0.15) is 0 Å². The van der Waals surface area contributed by atoms with Crippen molar-refractivity contribution in [3.05, 3.63) is 18.7 Å². The van der Waals surface area contributed by atoms with E-state index in [9.17, 15) is 9.90 Å². The Kier molecular flexibility index (Phi) is 5.39. The molecule has 1 amide bonds. The van der Waals surface area contributed by atoms with Crippen molar-refractivity contribution in [2.75, 3.05) is 6.61 Å². The molecule has 0 aliphatic heterocycles. The summed E-state index contributed by atoms with van der Waals surface area (Å²) in [5.41, 5.74) is 0. The van der Waals surface area contributed by atoms with Crippen molar-refractivity contribution in [1.29, 1.82) is 0 Å². The highest BCUT2D eigenvalue weighted by Crippen LogP contribution is 2.24. The highest BCUT2D eigenvalue weighted by Gasteiger charge is 2.25. The second-order valence-electron chi connectivity index (χ2n) is 5.31. The average Bonchev–Trinajstić information content (AvgIpc) is 2.92. The lowest BCUT2D eigenvalue weighted by Crippen LogP contribution is -2.43. The first kappa shape index (κ1) is 14.1. The lowest BCUT2D eigenvalue weighted by molar-refractivity contribution is -0.122. The summed E-state index contributed by atoms with van der Waals surface area (Å²) < 4.78 is 1.98. The van der Waals surface area contributed by atoms with Gasteiger partial charge in [0.05, 0.1) is 6.33 Å². The van der Waals surface area contributed by atoms with E-state index in [1.165, 1.54) is 0 Å². The molecule has 2 N–H and O–H groups in total. The van der Waals surface area contributed by atoms with Crippen molar-refractivity contribution in [3.63, 3.8) is 0 Å².